The van der Waals surface area contributed by atoms with Crippen LogP contribution in [0, 0.1) is 5.92 Å². The molecule has 0 radical (unpaired) electrons. The van der Waals surface area contributed by atoms with Gasteiger partial charge >= 0.3 is 0 Å². The quantitative estimate of drug-likeness (QED) is 0.827. The van der Waals surface area contributed by atoms with Crippen LogP contribution in [0.2, 0.25) is 0 Å². The molecule has 0 saturated heterocycles. The number of imidazole rings is 1. The van der Waals surface area contributed by atoms with Gasteiger partial charge in [0.05, 0.1) is 0 Å². The van der Waals surface area contributed by atoms with E-state index in [1.165, 1.54) is 11.2 Å². The van der Waals surface area contributed by atoms with Crippen LogP contribution in [0.25, 0.3) is 11.2 Å². The fourth-order valence-electron chi connectivity index (χ4n) is 1.82. The lowest BCUT2D eigenvalue weighted by Gasteiger charge is -2.02. The maximum Gasteiger partial charge on any atom is 0.266 e. The molecule has 0 unspecified atom stereocenters. The average Bonchev–Trinajstić information content (AvgIpc) is 2.61. The number of rotatable bonds is 4. The molecule has 2 aromatic heterocycles. The van der Waals surface area contributed by atoms with E-state index in [4.69, 9.17) is 0 Å². The summed E-state index contributed by atoms with van der Waals surface area (Å²) in [5.41, 5.74) is 3.34. The Bertz CT molecular complexity index is 476. The Balaban J connectivity index is 2.33. The molecule has 0 spiro atoms. The molecule has 2 aromatic rings. The normalized spacial score (nSPS) is 11.5. The van der Waals surface area contributed by atoms with Crippen molar-refractivity contribution in [3.63, 3.8) is 0 Å². The molecule has 3 nitrogen and oxygen atoms in total. The van der Waals surface area contributed by atoms with Crippen molar-refractivity contribution in [3.8, 4) is 0 Å². The second-order valence-electron chi connectivity index (χ2n) is 4.43. The molecule has 0 bridgehead atoms. The molecule has 0 aliphatic carbocycles. The van der Waals surface area contributed by atoms with Gasteiger partial charge in [-0.25, -0.2) is 14.5 Å². The van der Waals surface area contributed by atoms with Gasteiger partial charge in [0.1, 0.15) is 5.88 Å². The zero-order valence-corrected chi connectivity index (χ0v) is 10.8. The summed E-state index contributed by atoms with van der Waals surface area (Å²) in [4.78, 5) is 7.86. The molecule has 4 heteroatoms. The Morgan fingerprint density at radius 2 is 2.25 bits per heavy atom. The monoisotopic (exact) mass is 236 g/mol. The number of nitrogens with one attached hydrogen (secondary N) is 1. The van der Waals surface area contributed by atoms with Crippen LogP contribution >= 0.6 is 11.8 Å². The van der Waals surface area contributed by atoms with Gasteiger partial charge in [0.15, 0.2) is 5.52 Å². The van der Waals surface area contributed by atoms with E-state index >= 15 is 0 Å². The van der Waals surface area contributed by atoms with Crippen molar-refractivity contribution in [2.75, 3.05) is 6.26 Å². The van der Waals surface area contributed by atoms with Gasteiger partial charge in [-0.15, -0.1) is 11.8 Å². The molecule has 2 rings (SSSR count). The Hall–Kier alpha value is -1.03. The highest BCUT2D eigenvalue weighted by atomic mass is 32.2. The topological polar surface area (TPSA) is 32.6 Å². The fraction of sp³-hybridized carbons (Fsp3) is 0.500. The Kier molecular flexibility index (Phi) is 3.49. The van der Waals surface area contributed by atoms with Gasteiger partial charge in [-0.05, 0) is 30.7 Å². The largest absolute Gasteiger partial charge is 0.266 e. The first-order valence-electron chi connectivity index (χ1n) is 5.56. The van der Waals surface area contributed by atoms with Crippen LogP contribution < -0.4 is 4.57 Å². The first-order chi connectivity index (χ1) is 7.70. The minimum Gasteiger partial charge on any atom is -0.227 e. The zero-order valence-electron chi connectivity index (χ0n) is 10.0. The van der Waals surface area contributed by atoms with E-state index in [1.54, 1.807) is 11.8 Å². The van der Waals surface area contributed by atoms with Gasteiger partial charge in [-0.3, -0.25) is 0 Å². The van der Waals surface area contributed by atoms with E-state index in [0.29, 0.717) is 5.92 Å². The summed E-state index contributed by atoms with van der Waals surface area (Å²) >= 11 is 1.80. The fourth-order valence-corrected chi connectivity index (χ4v) is 2.31. The van der Waals surface area contributed by atoms with Gasteiger partial charge in [-0.2, -0.15) is 0 Å². The van der Waals surface area contributed by atoms with Crippen molar-refractivity contribution in [1.29, 1.82) is 0 Å². The lowest BCUT2D eigenvalue weighted by atomic mass is 10.1. The van der Waals surface area contributed by atoms with Gasteiger partial charge in [0.2, 0.25) is 6.33 Å². The molecule has 0 saturated carbocycles. The molecule has 0 atom stereocenters. The molecular formula is C12H18N3S+. The number of aromatic nitrogens is 3. The van der Waals surface area contributed by atoms with E-state index in [2.05, 4.69) is 46.8 Å². The highest BCUT2D eigenvalue weighted by Gasteiger charge is 2.11. The van der Waals surface area contributed by atoms with Crippen LogP contribution in [0.1, 0.15) is 19.5 Å². The van der Waals surface area contributed by atoms with Crippen molar-refractivity contribution in [3.05, 3.63) is 24.2 Å². The SMILES string of the molecule is CSC[n+]1c[nH]c2nc(CC(C)C)ccc21. The second-order valence-corrected chi connectivity index (χ2v) is 5.26. The molecule has 0 aliphatic rings. The highest BCUT2D eigenvalue weighted by molar-refractivity contribution is 7.97. The first kappa shape index (κ1) is 11.5. The smallest absolute Gasteiger partial charge is 0.227 e. The van der Waals surface area contributed by atoms with Crippen molar-refractivity contribution in [2.45, 2.75) is 26.1 Å². The molecule has 0 amide bonds. The number of hydrogen-bond donors (Lipinski definition) is 1. The predicted molar refractivity (Wildman–Crippen MR) is 68.3 cm³/mol. The third-order valence-corrected chi connectivity index (χ3v) is 3.02. The molecule has 0 aromatic carbocycles. The zero-order chi connectivity index (χ0) is 11.5. The van der Waals surface area contributed by atoms with Crippen LogP contribution in [0.4, 0.5) is 0 Å². The molecule has 0 fully saturated rings. The van der Waals surface area contributed by atoms with Crippen LogP contribution in [0.3, 0.4) is 0 Å². The number of H-pyrrole nitrogens is 1. The van der Waals surface area contributed by atoms with Crippen LogP contribution in [-0.4, -0.2) is 16.2 Å². The van der Waals surface area contributed by atoms with Gasteiger partial charge in [0.25, 0.3) is 5.65 Å². The standard InChI is InChI=1S/C12H17N3S/c1-9(2)6-10-4-5-11-12(14-10)13-7-15(11)8-16-3/h4-5,7,9H,6,8H2,1-3H3/p+1. The van der Waals surface area contributed by atoms with E-state index in [-0.39, 0.29) is 0 Å². The number of thioether (sulfide) groups is 1. The van der Waals surface area contributed by atoms with Gasteiger partial charge in [0, 0.05) is 5.69 Å². The number of hydrogen-bond acceptors (Lipinski definition) is 2. The van der Waals surface area contributed by atoms with Crippen LogP contribution in [-0.2, 0) is 12.3 Å². The molecule has 86 valence electrons. The molecule has 0 aliphatic heterocycles. The summed E-state index contributed by atoms with van der Waals surface area (Å²) in [5.74, 6) is 1.61. The number of pyridine rings is 1. The van der Waals surface area contributed by atoms with E-state index in [9.17, 15) is 0 Å². The van der Waals surface area contributed by atoms with E-state index in [1.807, 2.05) is 6.33 Å². The van der Waals surface area contributed by atoms with Crippen molar-refractivity contribution in [1.82, 2.24) is 9.97 Å². The van der Waals surface area contributed by atoms with Crippen molar-refractivity contribution in [2.24, 2.45) is 5.92 Å². The summed E-state index contributed by atoms with van der Waals surface area (Å²) in [7, 11) is 0. The maximum atomic E-state index is 4.63. The number of nitrogens with zero attached hydrogens (tertiary/aromatic N) is 2. The molecule has 1 N–H and O–H groups in total. The van der Waals surface area contributed by atoms with Crippen LogP contribution in [0.15, 0.2) is 18.5 Å². The summed E-state index contributed by atoms with van der Waals surface area (Å²) in [5, 5.41) is 0. The lowest BCUT2D eigenvalue weighted by molar-refractivity contribution is -0.649. The van der Waals surface area contributed by atoms with E-state index in [0.717, 1.165) is 17.9 Å². The number of aromatic amines is 1. The predicted octanol–water partition coefficient (Wildman–Crippen LogP) is 2.37. The third kappa shape index (κ3) is 2.38. The van der Waals surface area contributed by atoms with Crippen molar-refractivity contribution >= 4 is 22.9 Å². The Morgan fingerprint density at radius 3 is 2.94 bits per heavy atom. The van der Waals surface area contributed by atoms with E-state index < -0.39 is 0 Å². The molecule has 16 heavy (non-hydrogen) atoms. The molecule has 2 heterocycles. The Morgan fingerprint density at radius 1 is 1.44 bits per heavy atom. The first-order valence-corrected chi connectivity index (χ1v) is 6.95. The van der Waals surface area contributed by atoms with Gasteiger partial charge in [-0.1, -0.05) is 13.8 Å². The average molecular weight is 236 g/mol. The summed E-state index contributed by atoms with van der Waals surface area (Å²) in [6, 6.07) is 4.29. The highest BCUT2D eigenvalue weighted by Crippen LogP contribution is 2.10. The third-order valence-electron chi connectivity index (χ3n) is 2.48. The minimum atomic E-state index is 0.651. The summed E-state index contributed by atoms with van der Waals surface area (Å²) in [6.45, 7) is 4.43. The lowest BCUT2D eigenvalue weighted by Crippen LogP contribution is -2.29. The maximum absolute atomic E-state index is 4.63. The molecular weight excluding hydrogens is 218 g/mol. The Labute approximate surface area is 100 Å². The van der Waals surface area contributed by atoms with Crippen LogP contribution in [0.5, 0.6) is 0 Å². The van der Waals surface area contributed by atoms with Crippen molar-refractivity contribution < 1.29 is 4.57 Å². The summed E-state index contributed by atoms with van der Waals surface area (Å²) < 4.78 is 2.19. The minimum absolute atomic E-state index is 0.651. The second kappa shape index (κ2) is 4.87. The summed E-state index contributed by atoms with van der Waals surface area (Å²) in [6.07, 6.45) is 5.14. The number of fused-ring (bicyclic) bond motifs is 1. The van der Waals surface area contributed by atoms with Gasteiger partial charge < -0.3 is 0 Å².